The Hall–Kier alpha value is -1.83. The van der Waals surface area contributed by atoms with Gasteiger partial charge in [-0.2, -0.15) is 0 Å². The number of hydroxylamine groups is 2. The Balaban J connectivity index is 1.79. The van der Waals surface area contributed by atoms with Crippen molar-refractivity contribution in [2.75, 3.05) is 19.6 Å². The number of hydrogen-bond acceptors (Lipinski definition) is 5. The normalized spacial score (nSPS) is 18.8. The maximum absolute atomic E-state index is 13.4. The van der Waals surface area contributed by atoms with Crippen molar-refractivity contribution in [2.24, 2.45) is 5.41 Å². The van der Waals surface area contributed by atoms with Gasteiger partial charge in [-0.25, -0.2) is 9.18 Å². The third-order valence-corrected chi connectivity index (χ3v) is 5.11. The van der Waals surface area contributed by atoms with E-state index in [9.17, 15) is 9.18 Å². The SMILES string of the molecule is CC(C)(C)C(=O)ON1CCN(Cc2cncc(Br)c2)[C@@H](c2ccc(F)cc2)C1. The van der Waals surface area contributed by atoms with Gasteiger partial charge in [0.2, 0.25) is 0 Å². The Morgan fingerprint density at radius 1 is 1.25 bits per heavy atom. The fraction of sp³-hybridized carbons (Fsp3) is 0.429. The predicted octanol–water partition coefficient (Wildman–Crippen LogP) is 4.35. The molecule has 2 aromatic rings. The number of rotatable bonds is 4. The Morgan fingerprint density at radius 3 is 2.61 bits per heavy atom. The van der Waals surface area contributed by atoms with Crippen LogP contribution in [0.4, 0.5) is 4.39 Å². The average molecular weight is 450 g/mol. The van der Waals surface area contributed by atoms with Crippen molar-refractivity contribution in [3.05, 3.63) is 64.1 Å². The molecule has 0 radical (unpaired) electrons. The second kappa shape index (κ2) is 8.68. The molecule has 1 atom stereocenters. The largest absolute Gasteiger partial charge is 0.367 e. The van der Waals surface area contributed by atoms with E-state index in [2.05, 4.69) is 25.8 Å². The number of aromatic nitrogens is 1. The van der Waals surface area contributed by atoms with Crippen molar-refractivity contribution in [3.63, 3.8) is 0 Å². The first-order valence-corrected chi connectivity index (χ1v) is 10.1. The molecule has 3 rings (SSSR count). The smallest absolute Gasteiger partial charge is 0.330 e. The van der Waals surface area contributed by atoms with Crippen LogP contribution in [0.5, 0.6) is 0 Å². The Bertz CT molecular complexity index is 823. The monoisotopic (exact) mass is 449 g/mol. The summed E-state index contributed by atoms with van der Waals surface area (Å²) in [5.74, 6) is -0.520. The molecule has 1 fully saturated rings. The fourth-order valence-corrected chi connectivity index (χ4v) is 3.51. The van der Waals surface area contributed by atoms with Crippen LogP contribution in [0, 0.1) is 11.2 Å². The highest BCUT2D eigenvalue weighted by atomic mass is 79.9. The summed E-state index contributed by atoms with van der Waals surface area (Å²) >= 11 is 3.46. The molecule has 1 saturated heterocycles. The lowest BCUT2D eigenvalue weighted by molar-refractivity contribution is -0.212. The number of benzene rings is 1. The van der Waals surface area contributed by atoms with Crippen molar-refractivity contribution < 1.29 is 14.0 Å². The highest BCUT2D eigenvalue weighted by molar-refractivity contribution is 9.10. The molecule has 5 nitrogen and oxygen atoms in total. The van der Waals surface area contributed by atoms with Crippen molar-refractivity contribution in [1.29, 1.82) is 0 Å². The Morgan fingerprint density at radius 2 is 1.96 bits per heavy atom. The van der Waals surface area contributed by atoms with E-state index in [0.717, 1.165) is 15.6 Å². The van der Waals surface area contributed by atoms with Crippen LogP contribution in [-0.4, -0.2) is 40.6 Å². The quantitative estimate of drug-likeness (QED) is 0.694. The standard InChI is InChI=1S/C21H25BrFN3O2/c1-21(2,3)20(27)28-26-9-8-25(13-15-10-17(22)12-24-11-15)19(14-26)16-4-6-18(23)7-5-16/h4-7,10-12,19H,8-9,13-14H2,1-3H3/t19-/m1/s1. The van der Waals surface area contributed by atoms with Crippen LogP contribution >= 0.6 is 15.9 Å². The first-order valence-electron chi connectivity index (χ1n) is 9.28. The van der Waals surface area contributed by atoms with Gasteiger partial charge in [0, 0.05) is 36.5 Å². The van der Waals surface area contributed by atoms with E-state index in [1.165, 1.54) is 12.1 Å². The van der Waals surface area contributed by atoms with Gasteiger partial charge in [-0.05, 0) is 66.0 Å². The minimum absolute atomic E-state index is 0.0268. The number of halogens is 2. The maximum Gasteiger partial charge on any atom is 0.330 e. The molecule has 1 aromatic carbocycles. The van der Waals surface area contributed by atoms with E-state index in [4.69, 9.17) is 4.84 Å². The predicted molar refractivity (Wildman–Crippen MR) is 109 cm³/mol. The van der Waals surface area contributed by atoms with Gasteiger partial charge in [-0.15, -0.1) is 5.06 Å². The number of nitrogens with zero attached hydrogens (tertiary/aromatic N) is 3. The summed E-state index contributed by atoms with van der Waals surface area (Å²) in [5, 5.41) is 1.72. The Kier molecular flexibility index (Phi) is 6.47. The first kappa shape index (κ1) is 20.9. The van der Waals surface area contributed by atoms with Crippen molar-refractivity contribution in [1.82, 2.24) is 14.9 Å². The van der Waals surface area contributed by atoms with Crippen LogP contribution in [0.1, 0.15) is 37.9 Å². The number of pyridine rings is 1. The van der Waals surface area contributed by atoms with E-state index in [-0.39, 0.29) is 17.8 Å². The molecular weight excluding hydrogens is 425 g/mol. The molecule has 0 N–H and O–H groups in total. The molecule has 0 aliphatic carbocycles. The minimum atomic E-state index is -0.565. The summed E-state index contributed by atoms with van der Waals surface area (Å²) in [6, 6.07) is 8.53. The molecule has 0 amide bonds. The van der Waals surface area contributed by atoms with E-state index < -0.39 is 5.41 Å². The highest BCUT2D eigenvalue weighted by Gasteiger charge is 2.33. The minimum Gasteiger partial charge on any atom is -0.367 e. The molecule has 1 aliphatic heterocycles. The van der Waals surface area contributed by atoms with Gasteiger partial charge in [-0.1, -0.05) is 12.1 Å². The van der Waals surface area contributed by atoms with Crippen molar-refractivity contribution in [3.8, 4) is 0 Å². The summed E-state index contributed by atoms with van der Waals surface area (Å²) in [6.45, 7) is 8.06. The molecule has 0 saturated carbocycles. The lowest BCUT2D eigenvalue weighted by atomic mass is 9.97. The van der Waals surface area contributed by atoms with Gasteiger partial charge in [0.1, 0.15) is 5.82 Å². The Labute approximate surface area is 173 Å². The highest BCUT2D eigenvalue weighted by Crippen LogP contribution is 2.29. The van der Waals surface area contributed by atoms with Gasteiger partial charge in [0.05, 0.1) is 18.0 Å². The molecule has 0 unspecified atom stereocenters. The average Bonchev–Trinajstić information content (AvgIpc) is 2.63. The lowest BCUT2D eigenvalue weighted by Crippen LogP contribution is -2.49. The van der Waals surface area contributed by atoms with Gasteiger partial charge < -0.3 is 4.84 Å². The second-order valence-electron chi connectivity index (χ2n) is 8.07. The lowest BCUT2D eigenvalue weighted by Gasteiger charge is -2.41. The zero-order valence-corrected chi connectivity index (χ0v) is 17.9. The molecule has 2 heterocycles. The molecule has 1 aromatic heterocycles. The summed E-state index contributed by atoms with van der Waals surface area (Å²) in [6.07, 6.45) is 3.60. The third kappa shape index (κ3) is 5.37. The van der Waals surface area contributed by atoms with E-state index in [1.54, 1.807) is 23.4 Å². The van der Waals surface area contributed by atoms with Crippen LogP contribution in [0.2, 0.25) is 0 Å². The zero-order chi connectivity index (χ0) is 20.3. The van der Waals surface area contributed by atoms with Gasteiger partial charge in [-0.3, -0.25) is 9.88 Å². The molecule has 7 heteroatoms. The molecule has 1 aliphatic rings. The molecular formula is C21H25BrFN3O2. The molecule has 0 bridgehead atoms. The zero-order valence-electron chi connectivity index (χ0n) is 16.4. The van der Waals surface area contributed by atoms with Gasteiger partial charge in [0.15, 0.2) is 0 Å². The number of carbonyl (C=O) groups excluding carboxylic acids is 1. The van der Waals surface area contributed by atoms with Crippen LogP contribution in [0.25, 0.3) is 0 Å². The van der Waals surface area contributed by atoms with Gasteiger partial charge in [0.25, 0.3) is 0 Å². The van der Waals surface area contributed by atoms with Crippen LogP contribution < -0.4 is 0 Å². The fourth-order valence-electron chi connectivity index (χ4n) is 3.10. The first-order chi connectivity index (χ1) is 13.2. The van der Waals surface area contributed by atoms with Crippen molar-refractivity contribution in [2.45, 2.75) is 33.4 Å². The number of piperazine rings is 1. The number of carbonyl (C=O) groups is 1. The summed E-state index contributed by atoms with van der Waals surface area (Å²) < 4.78 is 14.3. The summed E-state index contributed by atoms with van der Waals surface area (Å²) in [7, 11) is 0. The molecule has 28 heavy (non-hydrogen) atoms. The van der Waals surface area contributed by atoms with Gasteiger partial charge >= 0.3 is 5.97 Å². The van der Waals surface area contributed by atoms with Crippen LogP contribution in [0.3, 0.4) is 0 Å². The van der Waals surface area contributed by atoms with E-state index in [0.29, 0.717) is 26.2 Å². The number of hydrogen-bond donors (Lipinski definition) is 0. The summed E-state index contributed by atoms with van der Waals surface area (Å²) in [4.78, 5) is 24.5. The van der Waals surface area contributed by atoms with E-state index >= 15 is 0 Å². The topological polar surface area (TPSA) is 45.7 Å². The second-order valence-corrected chi connectivity index (χ2v) is 8.98. The third-order valence-electron chi connectivity index (χ3n) is 4.68. The molecule has 0 spiro atoms. The van der Waals surface area contributed by atoms with Crippen molar-refractivity contribution >= 4 is 21.9 Å². The summed E-state index contributed by atoms with van der Waals surface area (Å²) in [5.41, 5.74) is 1.51. The van der Waals surface area contributed by atoms with Crippen LogP contribution in [-0.2, 0) is 16.2 Å². The van der Waals surface area contributed by atoms with E-state index in [1.807, 2.05) is 33.0 Å². The van der Waals surface area contributed by atoms with Crippen LogP contribution in [0.15, 0.2) is 47.2 Å². The maximum atomic E-state index is 13.4. The molecule has 150 valence electrons.